The molecule has 0 aromatic carbocycles. The van der Waals surface area contributed by atoms with Gasteiger partial charge in [0.1, 0.15) is 0 Å². The molecule has 1 amide bonds. The van der Waals surface area contributed by atoms with Crippen molar-refractivity contribution in [1.82, 2.24) is 9.88 Å². The molecule has 14 heavy (non-hydrogen) atoms. The lowest BCUT2D eigenvalue weighted by Crippen LogP contribution is -2.26. The Morgan fingerprint density at radius 3 is 2.93 bits per heavy atom. The maximum atomic E-state index is 11.2. The molecule has 1 aromatic rings. The van der Waals surface area contributed by atoms with Crippen molar-refractivity contribution in [3.8, 4) is 0 Å². The van der Waals surface area contributed by atoms with E-state index in [2.05, 4.69) is 4.98 Å². The third-order valence-electron chi connectivity index (χ3n) is 1.64. The van der Waals surface area contributed by atoms with Gasteiger partial charge in [-0.15, -0.1) is 11.3 Å². The van der Waals surface area contributed by atoms with Gasteiger partial charge in [0.25, 0.3) is 0 Å². The van der Waals surface area contributed by atoms with Gasteiger partial charge in [-0.2, -0.15) is 0 Å². The van der Waals surface area contributed by atoms with Crippen molar-refractivity contribution in [3.05, 3.63) is 16.1 Å². The molecule has 1 aromatic heterocycles. The van der Waals surface area contributed by atoms with Crippen molar-refractivity contribution < 1.29 is 9.53 Å². The maximum absolute atomic E-state index is 11.2. The molecule has 0 spiro atoms. The average Bonchev–Trinajstić information content (AvgIpc) is 2.51. The molecule has 0 atom stereocenters. The summed E-state index contributed by atoms with van der Waals surface area (Å²) >= 11 is 1.59. The number of carbonyl (C=O) groups excluding carboxylic acids is 1. The van der Waals surface area contributed by atoms with Gasteiger partial charge in [0.15, 0.2) is 0 Å². The largest absolute Gasteiger partial charge is 0.450 e. The number of rotatable bonds is 3. The molecule has 1 heterocycles. The smallest absolute Gasteiger partial charge is 0.409 e. The van der Waals surface area contributed by atoms with Crippen LogP contribution in [-0.4, -0.2) is 29.6 Å². The van der Waals surface area contributed by atoms with Crippen molar-refractivity contribution in [1.29, 1.82) is 0 Å². The standard InChI is InChI=1S/C9H14N2O2S/c1-4-13-9(12)11(3)6-8-5-10-7(2)14-8/h5H,4,6H2,1-3H3. The van der Waals surface area contributed by atoms with Crippen molar-refractivity contribution in [3.63, 3.8) is 0 Å². The van der Waals surface area contributed by atoms with Crippen LogP contribution in [0.15, 0.2) is 6.20 Å². The van der Waals surface area contributed by atoms with E-state index in [1.807, 2.05) is 6.92 Å². The van der Waals surface area contributed by atoms with E-state index >= 15 is 0 Å². The quantitative estimate of drug-likeness (QED) is 0.773. The van der Waals surface area contributed by atoms with Crippen LogP contribution in [0.5, 0.6) is 0 Å². The monoisotopic (exact) mass is 214 g/mol. The van der Waals surface area contributed by atoms with Crippen LogP contribution in [0.3, 0.4) is 0 Å². The van der Waals surface area contributed by atoms with Crippen LogP contribution in [0.1, 0.15) is 16.8 Å². The summed E-state index contributed by atoms with van der Waals surface area (Å²) in [4.78, 5) is 18.0. The molecule has 0 aliphatic carbocycles. The minimum atomic E-state index is -0.293. The number of aromatic nitrogens is 1. The number of amides is 1. The molecule has 0 saturated heterocycles. The molecule has 0 unspecified atom stereocenters. The van der Waals surface area contributed by atoms with Crippen molar-refractivity contribution in [2.45, 2.75) is 20.4 Å². The Labute approximate surface area is 87.5 Å². The Kier molecular flexibility index (Phi) is 3.88. The third-order valence-corrected chi connectivity index (χ3v) is 2.54. The Balaban J connectivity index is 2.48. The van der Waals surface area contributed by atoms with Crippen LogP contribution in [-0.2, 0) is 11.3 Å². The lowest BCUT2D eigenvalue weighted by atomic mass is 10.5. The van der Waals surface area contributed by atoms with Gasteiger partial charge in [0.2, 0.25) is 0 Å². The molecule has 0 radical (unpaired) electrons. The highest BCUT2D eigenvalue weighted by Gasteiger charge is 2.10. The summed E-state index contributed by atoms with van der Waals surface area (Å²) in [6, 6.07) is 0. The second kappa shape index (κ2) is 4.95. The molecular formula is C9H14N2O2S. The number of carbonyl (C=O) groups is 1. The first kappa shape index (κ1) is 11.0. The predicted octanol–water partition coefficient (Wildman–Crippen LogP) is 2.04. The van der Waals surface area contributed by atoms with Crippen LogP contribution in [0.4, 0.5) is 4.79 Å². The third kappa shape index (κ3) is 2.99. The summed E-state index contributed by atoms with van der Waals surface area (Å²) in [5.41, 5.74) is 0. The fourth-order valence-corrected chi connectivity index (χ4v) is 1.86. The lowest BCUT2D eigenvalue weighted by Gasteiger charge is -2.14. The molecule has 0 saturated carbocycles. The summed E-state index contributed by atoms with van der Waals surface area (Å²) in [5.74, 6) is 0. The number of thiazole rings is 1. The van der Waals surface area contributed by atoms with E-state index in [-0.39, 0.29) is 6.09 Å². The first-order valence-corrected chi connectivity index (χ1v) is 5.24. The molecular weight excluding hydrogens is 200 g/mol. The van der Waals surface area contributed by atoms with Crippen LogP contribution >= 0.6 is 11.3 Å². The van der Waals surface area contributed by atoms with E-state index in [1.165, 1.54) is 4.90 Å². The molecule has 0 bridgehead atoms. The normalized spacial score (nSPS) is 9.93. The average molecular weight is 214 g/mol. The zero-order valence-corrected chi connectivity index (χ0v) is 9.43. The molecule has 5 heteroatoms. The highest BCUT2D eigenvalue weighted by atomic mass is 32.1. The summed E-state index contributed by atoms with van der Waals surface area (Å²) in [6.45, 7) is 4.70. The van der Waals surface area contributed by atoms with E-state index in [0.29, 0.717) is 13.2 Å². The molecule has 0 aliphatic rings. The van der Waals surface area contributed by atoms with Crippen LogP contribution in [0.2, 0.25) is 0 Å². The molecule has 0 aliphatic heterocycles. The van der Waals surface area contributed by atoms with E-state index in [9.17, 15) is 4.79 Å². The molecule has 0 fully saturated rings. The number of hydrogen-bond acceptors (Lipinski definition) is 4. The minimum absolute atomic E-state index is 0.293. The van der Waals surface area contributed by atoms with Crippen molar-refractivity contribution >= 4 is 17.4 Å². The second-order valence-electron chi connectivity index (χ2n) is 2.90. The minimum Gasteiger partial charge on any atom is -0.450 e. The predicted molar refractivity (Wildman–Crippen MR) is 55.3 cm³/mol. The fourth-order valence-electron chi connectivity index (χ4n) is 1.01. The Morgan fingerprint density at radius 1 is 1.71 bits per heavy atom. The van der Waals surface area contributed by atoms with Crippen molar-refractivity contribution in [2.24, 2.45) is 0 Å². The van der Waals surface area contributed by atoms with Gasteiger partial charge in [-0.3, -0.25) is 0 Å². The number of nitrogens with zero attached hydrogens (tertiary/aromatic N) is 2. The van der Waals surface area contributed by atoms with Gasteiger partial charge in [-0.1, -0.05) is 0 Å². The lowest BCUT2D eigenvalue weighted by molar-refractivity contribution is 0.114. The van der Waals surface area contributed by atoms with Crippen molar-refractivity contribution in [2.75, 3.05) is 13.7 Å². The SMILES string of the molecule is CCOC(=O)N(C)Cc1cnc(C)s1. The van der Waals surface area contributed by atoms with E-state index in [0.717, 1.165) is 9.88 Å². The Hall–Kier alpha value is -1.10. The fraction of sp³-hybridized carbons (Fsp3) is 0.556. The zero-order chi connectivity index (χ0) is 10.6. The number of aryl methyl sites for hydroxylation is 1. The van der Waals surface area contributed by atoms with Crippen LogP contribution in [0, 0.1) is 6.92 Å². The van der Waals surface area contributed by atoms with E-state index < -0.39 is 0 Å². The van der Waals surface area contributed by atoms with Crippen LogP contribution < -0.4 is 0 Å². The topological polar surface area (TPSA) is 42.4 Å². The summed E-state index contributed by atoms with van der Waals surface area (Å²) in [6.07, 6.45) is 1.49. The number of ether oxygens (including phenoxy) is 1. The summed E-state index contributed by atoms with van der Waals surface area (Å²) < 4.78 is 4.85. The van der Waals surface area contributed by atoms with Gasteiger partial charge >= 0.3 is 6.09 Å². The van der Waals surface area contributed by atoms with E-state index in [4.69, 9.17) is 4.74 Å². The van der Waals surface area contributed by atoms with Gasteiger partial charge in [-0.25, -0.2) is 9.78 Å². The van der Waals surface area contributed by atoms with Gasteiger partial charge in [-0.05, 0) is 13.8 Å². The van der Waals surface area contributed by atoms with Gasteiger partial charge in [0, 0.05) is 18.1 Å². The molecule has 1 rings (SSSR count). The highest BCUT2D eigenvalue weighted by Crippen LogP contribution is 2.13. The maximum Gasteiger partial charge on any atom is 0.409 e. The molecule has 78 valence electrons. The Bertz CT molecular complexity index is 312. The van der Waals surface area contributed by atoms with Gasteiger partial charge in [0.05, 0.1) is 18.2 Å². The summed E-state index contributed by atoms with van der Waals surface area (Å²) in [7, 11) is 1.72. The zero-order valence-electron chi connectivity index (χ0n) is 8.61. The van der Waals surface area contributed by atoms with Gasteiger partial charge < -0.3 is 9.64 Å². The highest BCUT2D eigenvalue weighted by molar-refractivity contribution is 7.11. The first-order chi connectivity index (χ1) is 6.63. The molecule has 4 nitrogen and oxygen atoms in total. The first-order valence-electron chi connectivity index (χ1n) is 4.42. The Morgan fingerprint density at radius 2 is 2.43 bits per heavy atom. The van der Waals surface area contributed by atoms with Crippen LogP contribution in [0.25, 0.3) is 0 Å². The second-order valence-corrected chi connectivity index (χ2v) is 4.22. The number of hydrogen-bond donors (Lipinski definition) is 0. The molecule has 0 N–H and O–H groups in total. The van der Waals surface area contributed by atoms with E-state index in [1.54, 1.807) is 31.5 Å². The summed E-state index contributed by atoms with van der Waals surface area (Å²) in [5, 5.41) is 1.01.